The predicted molar refractivity (Wildman–Crippen MR) is 106 cm³/mol. The van der Waals surface area contributed by atoms with Crippen molar-refractivity contribution < 1.29 is 44.9 Å². The second kappa shape index (κ2) is 12.6. The molecule has 0 saturated heterocycles. The summed E-state index contributed by atoms with van der Waals surface area (Å²) in [4.78, 5) is 0.413. The molecular formula is C22H24F7NO3. The Morgan fingerprint density at radius 3 is 2.33 bits per heavy atom. The normalized spacial score (nSPS) is 13.1. The Hall–Kier alpha value is -2.53. The van der Waals surface area contributed by atoms with Crippen LogP contribution in [0.3, 0.4) is 0 Å². The zero-order valence-electron chi connectivity index (χ0n) is 17.7. The van der Waals surface area contributed by atoms with Crippen molar-refractivity contribution in [2.75, 3.05) is 13.7 Å². The molecule has 0 amide bonds. The molecule has 1 unspecified atom stereocenters. The van der Waals surface area contributed by atoms with Crippen LogP contribution in [0.2, 0.25) is 0 Å². The minimum Gasteiger partial charge on any atom is -0.493 e. The smallest absolute Gasteiger partial charge is 0.493 e. The van der Waals surface area contributed by atoms with Crippen molar-refractivity contribution in [3.63, 3.8) is 0 Å². The molecule has 2 aromatic carbocycles. The van der Waals surface area contributed by atoms with Crippen LogP contribution in [0.4, 0.5) is 30.7 Å². The molecule has 0 aliphatic rings. The molecule has 0 saturated carbocycles. The van der Waals surface area contributed by atoms with Crippen molar-refractivity contribution in [2.24, 2.45) is 0 Å². The molecule has 33 heavy (non-hydrogen) atoms. The first-order valence-electron chi connectivity index (χ1n) is 10.0. The van der Waals surface area contributed by atoms with Gasteiger partial charge >= 0.3 is 13.0 Å². The summed E-state index contributed by atoms with van der Waals surface area (Å²) in [6.45, 7) is -6.06. The first-order valence-corrected chi connectivity index (χ1v) is 10.0. The fourth-order valence-electron chi connectivity index (χ4n) is 3.08. The highest BCUT2D eigenvalue weighted by Gasteiger charge is 2.31. The third-order valence-corrected chi connectivity index (χ3v) is 4.66. The maximum absolute atomic E-state index is 12.8. The standard InChI is InChI=1S/C22H24F7NO3/c1-30(20(23)24)19(32-21(25)26)10-5-13-31-18-9-3-2-7-16(18)12-11-15-6-4-8-17(14-15)33-22(27,28)29/h2-4,6-9,14,19-21H,5,10-13H2,1H3. The number of hydrogen-bond acceptors (Lipinski definition) is 4. The predicted octanol–water partition coefficient (Wildman–Crippen LogP) is 6.25. The molecule has 184 valence electrons. The first kappa shape index (κ1) is 26.7. The van der Waals surface area contributed by atoms with E-state index in [-0.39, 0.29) is 25.2 Å². The molecule has 0 heterocycles. The quantitative estimate of drug-likeness (QED) is 0.146. The Labute approximate surface area is 186 Å². The molecule has 0 aliphatic heterocycles. The van der Waals surface area contributed by atoms with E-state index in [1.165, 1.54) is 18.2 Å². The van der Waals surface area contributed by atoms with Gasteiger partial charge in [-0.25, -0.2) is 4.90 Å². The molecule has 0 spiro atoms. The lowest BCUT2D eigenvalue weighted by atomic mass is 10.0. The fraction of sp³-hybridized carbons (Fsp3) is 0.455. The number of hydrogen-bond donors (Lipinski definition) is 0. The van der Waals surface area contributed by atoms with Crippen LogP contribution in [0.15, 0.2) is 48.5 Å². The van der Waals surface area contributed by atoms with Crippen molar-refractivity contribution in [3.8, 4) is 11.5 Å². The topological polar surface area (TPSA) is 30.9 Å². The maximum atomic E-state index is 12.8. The van der Waals surface area contributed by atoms with Gasteiger partial charge in [0.05, 0.1) is 6.61 Å². The van der Waals surface area contributed by atoms with Gasteiger partial charge in [-0.15, -0.1) is 13.2 Å². The van der Waals surface area contributed by atoms with Gasteiger partial charge in [0.2, 0.25) is 0 Å². The van der Waals surface area contributed by atoms with Crippen molar-refractivity contribution in [3.05, 3.63) is 59.7 Å². The van der Waals surface area contributed by atoms with Crippen molar-refractivity contribution in [1.29, 1.82) is 0 Å². The van der Waals surface area contributed by atoms with Gasteiger partial charge in [0.1, 0.15) is 17.7 Å². The van der Waals surface area contributed by atoms with E-state index >= 15 is 0 Å². The van der Waals surface area contributed by atoms with E-state index in [2.05, 4.69) is 9.47 Å². The molecule has 0 aromatic heterocycles. The molecule has 0 bridgehead atoms. The lowest BCUT2D eigenvalue weighted by molar-refractivity contribution is -0.274. The van der Waals surface area contributed by atoms with E-state index in [1.54, 1.807) is 30.3 Å². The molecule has 0 radical (unpaired) electrons. The van der Waals surface area contributed by atoms with Gasteiger partial charge in [0.25, 0.3) is 6.55 Å². The van der Waals surface area contributed by atoms with E-state index in [0.29, 0.717) is 29.1 Å². The minimum absolute atomic E-state index is 0.0755. The molecule has 4 nitrogen and oxygen atoms in total. The Bertz CT molecular complexity index is 849. The molecule has 0 N–H and O–H groups in total. The molecule has 0 aliphatic carbocycles. The zero-order valence-corrected chi connectivity index (χ0v) is 17.7. The van der Waals surface area contributed by atoms with E-state index < -0.39 is 25.8 Å². The summed E-state index contributed by atoms with van der Waals surface area (Å²) in [6, 6.07) is 12.6. The summed E-state index contributed by atoms with van der Waals surface area (Å²) in [6.07, 6.45) is -5.29. The second-order valence-corrected chi connectivity index (χ2v) is 7.09. The third kappa shape index (κ3) is 9.87. The summed E-state index contributed by atoms with van der Waals surface area (Å²) in [7, 11) is 0.989. The minimum atomic E-state index is -4.78. The first-order chi connectivity index (χ1) is 15.5. The number of rotatable bonds is 13. The van der Waals surface area contributed by atoms with Crippen LogP contribution >= 0.6 is 0 Å². The van der Waals surface area contributed by atoms with Crippen LogP contribution in [0.25, 0.3) is 0 Å². The second-order valence-electron chi connectivity index (χ2n) is 7.09. The number of nitrogens with zero attached hydrogens (tertiary/aromatic N) is 1. The van der Waals surface area contributed by atoms with E-state index in [1.807, 2.05) is 0 Å². The lowest BCUT2D eigenvalue weighted by Crippen LogP contribution is -2.39. The summed E-state index contributed by atoms with van der Waals surface area (Å²) in [5.41, 5.74) is 1.42. The van der Waals surface area contributed by atoms with Gasteiger partial charge in [0, 0.05) is 0 Å². The Balaban J connectivity index is 1.91. The van der Waals surface area contributed by atoms with Crippen molar-refractivity contribution in [2.45, 2.75) is 51.4 Å². The molecule has 0 fully saturated rings. The average Bonchev–Trinajstić information content (AvgIpc) is 2.73. The molecular weight excluding hydrogens is 459 g/mol. The number of alkyl halides is 7. The highest BCUT2D eigenvalue weighted by atomic mass is 19.4. The molecule has 2 rings (SSSR count). The largest absolute Gasteiger partial charge is 0.573 e. The summed E-state index contributed by atoms with van der Waals surface area (Å²) in [5.74, 6) is 0.201. The monoisotopic (exact) mass is 483 g/mol. The number of para-hydroxylation sites is 1. The van der Waals surface area contributed by atoms with E-state index in [4.69, 9.17) is 4.74 Å². The van der Waals surface area contributed by atoms with Crippen molar-refractivity contribution in [1.82, 2.24) is 4.90 Å². The summed E-state index contributed by atoms with van der Waals surface area (Å²) < 4.78 is 102. The summed E-state index contributed by atoms with van der Waals surface area (Å²) >= 11 is 0. The van der Waals surface area contributed by atoms with Gasteiger partial charge in [-0.2, -0.15) is 17.6 Å². The highest BCUT2D eigenvalue weighted by molar-refractivity contribution is 5.35. The van der Waals surface area contributed by atoms with Crippen LogP contribution < -0.4 is 9.47 Å². The van der Waals surface area contributed by atoms with Crippen LogP contribution in [0, 0.1) is 0 Å². The summed E-state index contributed by atoms with van der Waals surface area (Å²) in [5, 5.41) is 0. The van der Waals surface area contributed by atoms with Crippen LogP contribution in [0.5, 0.6) is 11.5 Å². The van der Waals surface area contributed by atoms with E-state index in [9.17, 15) is 30.7 Å². The zero-order chi connectivity index (χ0) is 24.4. The Kier molecular flexibility index (Phi) is 10.2. The fourth-order valence-corrected chi connectivity index (χ4v) is 3.08. The number of halogens is 7. The van der Waals surface area contributed by atoms with Crippen LogP contribution in [-0.2, 0) is 17.6 Å². The van der Waals surface area contributed by atoms with Gasteiger partial charge < -0.3 is 14.2 Å². The van der Waals surface area contributed by atoms with E-state index in [0.717, 1.165) is 12.6 Å². The number of benzene rings is 2. The number of aryl methyl sites for hydroxylation is 2. The Morgan fingerprint density at radius 2 is 1.67 bits per heavy atom. The van der Waals surface area contributed by atoms with Gasteiger partial charge in [0.15, 0.2) is 0 Å². The van der Waals surface area contributed by atoms with Crippen molar-refractivity contribution >= 4 is 0 Å². The number of ether oxygens (including phenoxy) is 3. The van der Waals surface area contributed by atoms with Crippen LogP contribution in [0.1, 0.15) is 24.0 Å². The molecule has 11 heteroatoms. The van der Waals surface area contributed by atoms with Gasteiger partial charge in [-0.05, 0) is 62.1 Å². The maximum Gasteiger partial charge on any atom is 0.573 e. The van der Waals surface area contributed by atoms with Crippen LogP contribution in [-0.4, -0.2) is 44.3 Å². The SMILES string of the molecule is CN(C(F)F)C(CCCOc1ccccc1CCc1cccc(OC(F)(F)F)c1)OC(F)F. The lowest BCUT2D eigenvalue weighted by Gasteiger charge is -2.26. The highest BCUT2D eigenvalue weighted by Crippen LogP contribution is 2.25. The van der Waals surface area contributed by atoms with Gasteiger partial charge in [-0.3, -0.25) is 0 Å². The molecule has 2 aromatic rings. The Morgan fingerprint density at radius 1 is 0.939 bits per heavy atom. The molecule has 1 atom stereocenters. The third-order valence-electron chi connectivity index (χ3n) is 4.66. The van der Waals surface area contributed by atoms with Gasteiger partial charge in [-0.1, -0.05) is 30.3 Å². The average molecular weight is 483 g/mol.